The molecule has 1 heterocycles. The van der Waals surface area contributed by atoms with Gasteiger partial charge in [0.05, 0.1) is 11.0 Å². The largest absolute Gasteiger partial charge is 0.311 e. The minimum Gasteiger partial charge on any atom is -0.311 e. The number of aromatic nitrogens is 1. The molecule has 0 amide bonds. The molecule has 0 fully saturated rings. The molecule has 1 aliphatic carbocycles. The van der Waals surface area contributed by atoms with Crippen LogP contribution in [-0.4, -0.2) is 4.57 Å². The highest BCUT2D eigenvalue weighted by atomic mass is 15.1. The van der Waals surface area contributed by atoms with Gasteiger partial charge in [-0.25, -0.2) is 0 Å². The second kappa shape index (κ2) is 14.5. The fraction of sp³-hybridized carbons (Fsp3) is 0.0526. The van der Waals surface area contributed by atoms with Crippen molar-refractivity contribution in [2.45, 2.75) is 19.8 Å². The topological polar surface area (TPSA) is 8.17 Å². The molecule has 2 heteroatoms. The first-order chi connectivity index (χ1) is 29.2. The van der Waals surface area contributed by atoms with E-state index in [0.29, 0.717) is 0 Å². The van der Waals surface area contributed by atoms with Crippen molar-refractivity contribution in [3.8, 4) is 39.1 Å². The summed E-state index contributed by atoms with van der Waals surface area (Å²) in [6.45, 7) is 2.16. The number of para-hydroxylation sites is 1. The van der Waals surface area contributed by atoms with Crippen molar-refractivity contribution in [3.63, 3.8) is 0 Å². The molecule has 0 saturated heterocycles. The maximum atomic E-state index is 2.42. The highest BCUT2D eigenvalue weighted by molar-refractivity contribution is 6.21. The number of hydrogen-bond donors (Lipinski definition) is 0. The van der Waals surface area contributed by atoms with Crippen LogP contribution < -0.4 is 4.90 Å². The molecule has 0 radical (unpaired) electrons. The molecular weight excluding hydrogens is 713 g/mol. The van der Waals surface area contributed by atoms with Gasteiger partial charge in [0.2, 0.25) is 0 Å². The van der Waals surface area contributed by atoms with E-state index in [1.165, 1.54) is 93.7 Å². The monoisotopic (exact) mass is 754 g/mol. The fourth-order valence-corrected chi connectivity index (χ4v) is 9.35. The van der Waals surface area contributed by atoms with Crippen molar-refractivity contribution in [1.29, 1.82) is 0 Å². The van der Waals surface area contributed by atoms with Crippen LogP contribution in [0.3, 0.4) is 0 Å². The Bertz CT molecular complexity index is 3200. The van der Waals surface area contributed by atoms with Crippen LogP contribution in [-0.2, 0) is 0 Å². The van der Waals surface area contributed by atoms with Gasteiger partial charge in [-0.05, 0) is 141 Å². The van der Waals surface area contributed by atoms with Crippen molar-refractivity contribution in [1.82, 2.24) is 4.57 Å². The molecule has 10 aromatic rings. The molecule has 1 aromatic heterocycles. The lowest BCUT2D eigenvalue weighted by Gasteiger charge is -2.28. The van der Waals surface area contributed by atoms with E-state index in [1.807, 2.05) is 0 Å². The Balaban J connectivity index is 0.987. The highest BCUT2D eigenvalue weighted by Gasteiger charge is 2.19. The lowest BCUT2D eigenvalue weighted by atomic mass is 9.86. The summed E-state index contributed by atoms with van der Waals surface area (Å²) in [5.74, 6) is 0. The summed E-state index contributed by atoms with van der Waals surface area (Å²) in [7, 11) is 0. The summed E-state index contributed by atoms with van der Waals surface area (Å²) in [5.41, 5.74) is 15.8. The van der Waals surface area contributed by atoms with E-state index in [9.17, 15) is 0 Å². The molecule has 11 rings (SSSR count). The summed E-state index contributed by atoms with van der Waals surface area (Å²) in [6, 6.07) is 71.3. The van der Waals surface area contributed by atoms with Gasteiger partial charge in [0.25, 0.3) is 0 Å². The van der Waals surface area contributed by atoms with Crippen molar-refractivity contribution < 1.29 is 0 Å². The number of rotatable bonds is 7. The Hall–Kier alpha value is -7.42. The van der Waals surface area contributed by atoms with Gasteiger partial charge in [-0.2, -0.15) is 0 Å². The van der Waals surface area contributed by atoms with Crippen molar-refractivity contribution in [2.75, 3.05) is 4.90 Å². The van der Waals surface area contributed by atoms with Gasteiger partial charge in [0.1, 0.15) is 0 Å². The van der Waals surface area contributed by atoms with Crippen molar-refractivity contribution in [2.24, 2.45) is 0 Å². The molecule has 9 aromatic carbocycles. The lowest BCUT2D eigenvalue weighted by molar-refractivity contribution is 0.997. The minimum absolute atomic E-state index is 1.06. The van der Waals surface area contributed by atoms with E-state index in [-0.39, 0.29) is 0 Å². The normalized spacial score (nSPS) is 12.7. The first-order valence-corrected chi connectivity index (χ1v) is 20.7. The number of aryl methyl sites for hydroxylation is 1. The Labute approximate surface area is 345 Å². The van der Waals surface area contributed by atoms with Crippen LogP contribution in [0.2, 0.25) is 0 Å². The Morgan fingerprint density at radius 2 is 0.983 bits per heavy atom. The zero-order chi connectivity index (χ0) is 39.3. The van der Waals surface area contributed by atoms with Gasteiger partial charge in [0, 0.05) is 33.5 Å². The molecular formula is C57H42N2. The lowest BCUT2D eigenvalue weighted by Crippen LogP contribution is -2.16. The number of hydrogen-bond acceptors (Lipinski definition) is 1. The first kappa shape index (κ1) is 34.8. The standard InChI is InChI=1S/C57H42N2/c1-39-15-14-20-47(37-39)58(44-18-6-3-7-19-44)45-32-27-40(28-33-45)43-31-36-55-53(38-43)48-21-12-13-26-54(48)59(55)46-34-29-42(30-35-46)57-51-24-10-8-22-49(51)56(41-16-4-2-5-17-41)50-23-9-11-25-52(50)57/h2,4-6,8-38H,3,7H2,1H3. The predicted octanol–water partition coefficient (Wildman–Crippen LogP) is 15.8. The van der Waals surface area contributed by atoms with Gasteiger partial charge in [-0.3, -0.25) is 0 Å². The molecule has 0 atom stereocenters. The average Bonchev–Trinajstić information content (AvgIpc) is 3.63. The average molecular weight is 755 g/mol. The Morgan fingerprint density at radius 3 is 1.63 bits per heavy atom. The Kier molecular flexibility index (Phi) is 8.56. The van der Waals surface area contributed by atoms with E-state index in [1.54, 1.807) is 0 Å². The third-order valence-electron chi connectivity index (χ3n) is 12.0. The van der Waals surface area contributed by atoms with Crippen molar-refractivity contribution in [3.05, 3.63) is 224 Å². The minimum atomic E-state index is 1.06. The molecule has 0 unspecified atom stereocenters. The number of nitrogens with zero attached hydrogens (tertiary/aromatic N) is 2. The molecule has 0 saturated carbocycles. The van der Waals surface area contributed by atoms with Gasteiger partial charge in [-0.1, -0.05) is 152 Å². The molecule has 0 aliphatic heterocycles. The molecule has 1 aliphatic rings. The smallest absolute Gasteiger partial charge is 0.0541 e. The number of anilines is 2. The molecule has 59 heavy (non-hydrogen) atoms. The van der Waals surface area contributed by atoms with Crippen LogP contribution in [0.4, 0.5) is 11.4 Å². The second-order valence-corrected chi connectivity index (χ2v) is 15.7. The molecule has 0 spiro atoms. The van der Waals surface area contributed by atoms with Crippen molar-refractivity contribution >= 4 is 54.7 Å². The maximum Gasteiger partial charge on any atom is 0.0541 e. The number of allylic oxidation sites excluding steroid dienone is 3. The quantitative estimate of drug-likeness (QED) is 0.147. The van der Waals surface area contributed by atoms with E-state index in [4.69, 9.17) is 0 Å². The van der Waals surface area contributed by atoms with E-state index in [0.717, 1.165) is 24.2 Å². The van der Waals surface area contributed by atoms with E-state index < -0.39 is 0 Å². The summed E-state index contributed by atoms with van der Waals surface area (Å²) in [4.78, 5) is 2.37. The summed E-state index contributed by atoms with van der Waals surface area (Å²) >= 11 is 0. The maximum absolute atomic E-state index is 2.42. The highest BCUT2D eigenvalue weighted by Crippen LogP contribution is 2.44. The van der Waals surface area contributed by atoms with Gasteiger partial charge in [-0.15, -0.1) is 0 Å². The molecule has 0 bridgehead atoms. The predicted molar refractivity (Wildman–Crippen MR) is 252 cm³/mol. The SMILES string of the molecule is Cc1cccc(N(C2=CCCC=C2)c2ccc(-c3ccc4c(c3)c3ccccc3n4-c3ccc(-c4c5ccccc5c(-c5ccccc5)c5ccccc45)cc3)cc2)c1. The number of benzene rings is 9. The van der Waals surface area contributed by atoms with Crippen LogP contribution in [0.1, 0.15) is 18.4 Å². The third-order valence-corrected chi connectivity index (χ3v) is 12.0. The molecule has 0 N–H and O–H groups in total. The van der Waals surface area contributed by atoms with Crippen LogP contribution in [0.15, 0.2) is 218 Å². The third kappa shape index (κ3) is 6.04. The molecule has 2 nitrogen and oxygen atoms in total. The fourth-order valence-electron chi connectivity index (χ4n) is 9.35. The van der Waals surface area contributed by atoms with Crippen LogP contribution in [0.25, 0.3) is 82.4 Å². The Morgan fingerprint density at radius 1 is 0.407 bits per heavy atom. The second-order valence-electron chi connectivity index (χ2n) is 15.7. The summed E-state index contributed by atoms with van der Waals surface area (Å²) < 4.78 is 2.42. The number of fused-ring (bicyclic) bond motifs is 5. The van der Waals surface area contributed by atoms with E-state index in [2.05, 4.69) is 229 Å². The van der Waals surface area contributed by atoms with Gasteiger partial charge >= 0.3 is 0 Å². The zero-order valence-electron chi connectivity index (χ0n) is 33.0. The van der Waals surface area contributed by atoms with Gasteiger partial charge in [0.15, 0.2) is 0 Å². The van der Waals surface area contributed by atoms with Crippen LogP contribution in [0, 0.1) is 6.92 Å². The van der Waals surface area contributed by atoms with Crippen LogP contribution >= 0.6 is 0 Å². The van der Waals surface area contributed by atoms with Gasteiger partial charge < -0.3 is 9.47 Å². The van der Waals surface area contributed by atoms with E-state index >= 15 is 0 Å². The molecule has 280 valence electrons. The summed E-state index contributed by atoms with van der Waals surface area (Å²) in [6.07, 6.45) is 9.03. The zero-order valence-corrected chi connectivity index (χ0v) is 33.0. The summed E-state index contributed by atoms with van der Waals surface area (Å²) in [5, 5.41) is 7.57. The first-order valence-electron chi connectivity index (χ1n) is 20.7. The van der Waals surface area contributed by atoms with Crippen LogP contribution in [0.5, 0.6) is 0 Å².